The molecule has 1 heterocycles. The molecule has 0 aliphatic carbocycles. The number of piperazine rings is 1. The minimum atomic E-state index is -0.455. The Morgan fingerprint density at radius 1 is 1.47 bits per heavy atom. The molecule has 1 aliphatic rings. The van der Waals surface area contributed by atoms with Crippen molar-refractivity contribution in [2.75, 3.05) is 25.1 Å². The summed E-state index contributed by atoms with van der Waals surface area (Å²) >= 11 is 3.49. The van der Waals surface area contributed by atoms with Crippen LogP contribution in [0.1, 0.15) is 12.5 Å². The lowest BCUT2D eigenvalue weighted by Gasteiger charge is -2.42. The summed E-state index contributed by atoms with van der Waals surface area (Å²) in [6.45, 7) is 4.56. The second-order valence-electron chi connectivity index (χ2n) is 5.10. The minimum absolute atomic E-state index is 0.0427. The highest BCUT2D eigenvalue weighted by atomic mass is 79.9. The van der Waals surface area contributed by atoms with Gasteiger partial charge in [-0.2, -0.15) is 0 Å². The molecule has 0 bridgehead atoms. The number of aliphatic hydroxyl groups excluding tert-OH is 1. The Kier molecular flexibility index (Phi) is 4.28. The van der Waals surface area contributed by atoms with Crippen LogP contribution in [0.25, 0.3) is 0 Å². The van der Waals surface area contributed by atoms with Crippen LogP contribution in [0.15, 0.2) is 22.7 Å². The number of rotatable bonds is 2. The Bertz CT molecular complexity index is 492. The second-order valence-corrected chi connectivity index (χ2v) is 5.95. The molecule has 19 heavy (non-hydrogen) atoms. The molecule has 0 spiro atoms. The maximum atomic E-state index is 12.4. The van der Waals surface area contributed by atoms with E-state index in [0.717, 1.165) is 15.7 Å². The first-order chi connectivity index (χ1) is 8.95. The predicted molar refractivity (Wildman–Crippen MR) is 79.3 cm³/mol. The average molecular weight is 327 g/mol. The summed E-state index contributed by atoms with van der Waals surface area (Å²) in [4.78, 5) is 16.1. The number of anilines is 1. The van der Waals surface area contributed by atoms with Crippen LogP contribution < -0.4 is 4.90 Å². The van der Waals surface area contributed by atoms with Gasteiger partial charge >= 0.3 is 0 Å². The number of hydrogen-bond acceptors (Lipinski definition) is 3. The first-order valence-electron chi connectivity index (χ1n) is 6.36. The van der Waals surface area contributed by atoms with E-state index in [9.17, 15) is 9.90 Å². The largest absolute Gasteiger partial charge is 0.394 e. The summed E-state index contributed by atoms with van der Waals surface area (Å²) in [5.41, 5.74) is 2.01. The molecule has 1 saturated heterocycles. The van der Waals surface area contributed by atoms with Gasteiger partial charge in [0.1, 0.15) is 6.04 Å². The molecule has 1 N–H and O–H groups in total. The van der Waals surface area contributed by atoms with Crippen LogP contribution in [0, 0.1) is 6.92 Å². The fourth-order valence-electron chi connectivity index (χ4n) is 2.33. The molecule has 1 aromatic carbocycles. The van der Waals surface area contributed by atoms with Crippen LogP contribution in [0.4, 0.5) is 5.69 Å². The van der Waals surface area contributed by atoms with Crippen molar-refractivity contribution in [3.05, 3.63) is 28.2 Å². The lowest BCUT2D eigenvalue weighted by atomic mass is 10.1. The highest BCUT2D eigenvalue weighted by molar-refractivity contribution is 9.10. The lowest BCUT2D eigenvalue weighted by Crippen LogP contribution is -2.61. The molecule has 0 aromatic heterocycles. The summed E-state index contributed by atoms with van der Waals surface area (Å²) in [6, 6.07) is 5.66. The van der Waals surface area contributed by atoms with Crippen LogP contribution in [0.3, 0.4) is 0 Å². The Hall–Kier alpha value is -0.910. The van der Waals surface area contributed by atoms with Crippen LogP contribution in [0.2, 0.25) is 0 Å². The van der Waals surface area contributed by atoms with Gasteiger partial charge < -0.3 is 10.0 Å². The maximum Gasteiger partial charge on any atom is 0.246 e. The van der Waals surface area contributed by atoms with E-state index in [1.165, 1.54) is 0 Å². The molecule has 1 amide bonds. The van der Waals surface area contributed by atoms with E-state index >= 15 is 0 Å². The fourth-order valence-corrected chi connectivity index (χ4v) is 2.70. The maximum absolute atomic E-state index is 12.4. The smallest absolute Gasteiger partial charge is 0.246 e. The fraction of sp³-hybridized carbons (Fsp3) is 0.500. The third kappa shape index (κ3) is 2.68. The van der Waals surface area contributed by atoms with Crippen LogP contribution in [-0.2, 0) is 4.79 Å². The molecule has 2 atom stereocenters. The molecule has 1 fully saturated rings. The third-order valence-corrected chi connectivity index (χ3v) is 4.68. The van der Waals surface area contributed by atoms with Crippen LogP contribution in [-0.4, -0.2) is 48.2 Å². The number of carbonyl (C=O) groups excluding carboxylic acids is 1. The van der Waals surface area contributed by atoms with E-state index in [2.05, 4.69) is 22.9 Å². The summed E-state index contributed by atoms with van der Waals surface area (Å²) < 4.78 is 0.991. The van der Waals surface area contributed by atoms with Crippen molar-refractivity contribution >= 4 is 27.5 Å². The zero-order chi connectivity index (χ0) is 14.2. The molecule has 1 aromatic rings. The number of carbonyl (C=O) groups is 1. The number of aryl methyl sites for hydroxylation is 1. The molecular formula is C14H19BrN2O2. The van der Waals surface area contributed by atoms with Crippen molar-refractivity contribution in [3.8, 4) is 0 Å². The number of amides is 1. The number of benzene rings is 1. The molecule has 1 aliphatic heterocycles. The van der Waals surface area contributed by atoms with Crippen molar-refractivity contribution in [3.63, 3.8) is 0 Å². The van der Waals surface area contributed by atoms with E-state index in [4.69, 9.17) is 0 Å². The third-order valence-electron chi connectivity index (χ3n) is 3.82. The van der Waals surface area contributed by atoms with Crippen molar-refractivity contribution in [2.45, 2.75) is 25.9 Å². The topological polar surface area (TPSA) is 43.8 Å². The molecule has 0 saturated carbocycles. The normalized spacial score (nSPS) is 24.9. The molecule has 104 valence electrons. The van der Waals surface area contributed by atoms with Crippen molar-refractivity contribution in [2.24, 2.45) is 0 Å². The van der Waals surface area contributed by atoms with Gasteiger partial charge in [-0.3, -0.25) is 9.69 Å². The summed E-state index contributed by atoms with van der Waals surface area (Å²) in [5.74, 6) is -0.0427. The van der Waals surface area contributed by atoms with E-state index in [-0.39, 0.29) is 18.6 Å². The van der Waals surface area contributed by atoms with Gasteiger partial charge in [-0.1, -0.05) is 22.0 Å². The highest BCUT2D eigenvalue weighted by Crippen LogP contribution is 2.27. The van der Waals surface area contributed by atoms with E-state index in [1.54, 1.807) is 4.90 Å². The number of halogens is 1. The van der Waals surface area contributed by atoms with Gasteiger partial charge in [-0.05, 0) is 38.6 Å². The zero-order valence-electron chi connectivity index (χ0n) is 11.4. The lowest BCUT2D eigenvalue weighted by molar-refractivity contribution is -0.128. The predicted octanol–water partition coefficient (Wildman–Crippen LogP) is 1.79. The standard InChI is InChI=1S/C14H19BrN2O2/c1-9-4-5-11(6-12(9)15)17-7-10(2)16(3)13(8-18)14(17)19/h4-6,10,13,18H,7-8H2,1-3H3. The summed E-state index contributed by atoms with van der Waals surface area (Å²) in [5, 5.41) is 9.41. The average Bonchev–Trinajstić information content (AvgIpc) is 2.38. The van der Waals surface area contributed by atoms with Gasteiger partial charge in [0.2, 0.25) is 5.91 Å². The first-order valence-corrected chi connectivity index (χ1v) is 7.15. The van der Waals surface area contributed by atoms with Gasteiger partial charge in [0.05, 0.1) is 6.61 Å². The Balaban J connectivity index is 2.33. The number of hydrogen-bond donors (Lipinski definition) is 1. The quantitative estimate of drug-likeness (QED) is 0.901. The Morgan fingerprint density at radius 3 is 2.74 bits per heavy atom. The van der Waals surface area contributed by atoms with Crippen LogP contribution >= 0.6 is 15.9 Å². The first kappa shape index (κ1) is 14.5. The van der Waals surface area contributed by atoms with Crippen LogP contribution in [0.5, 0.6) is 0 Å². The monoisotopic (exact) mass is 326 g/mol. The number of likely N-dealkylation sites (N-methyl/N-ethyl adjacent to an activating group) is 1. The van der Waals surface area contributed by atoms with E-state index in [0.29, 0.717) is 6.54 Å². The van der Waals surface area contributed by atoms with Gasteiger partial charge in [0, 0.05) is 22.7 Å². The molecule has 5 heteroatoms. The van der Waals surface area contributed by atoms with Crippen molar-refractivity contribution < 1.29 is 9.90 Å². The second kappa shape index (κ2) is 5.61. The highest BCUT2D eigenvalue weighted by Gasteiger charge is 2.36. The summed E-state index contributed by atoms with van der Waals surface area (Å²) in [7, 11) is 1.88. The number of aliphatic hydroxyl groups is 1. The molecule has 0 radical (unpaired) electrons. The van der Waals surface area contributed by atoms with Gasteiger partial charge in [-0.15, -0.1) is 0 Å². The zero-order valence-corrected chi connectivity index (χ0v) is 13.0. The molecule has 2 unspecified atom stereocenters. The van der Waals surface area contributed by atoms with Crippen molar-refractivity contribution in [1.82, 2.24) is 4.90 Å². The summed E-state index contributed by atoms with van der Waals surface area (Å²) in [6.07, 6.45) is 0. The molecule has 2 rings (SSSR count). The SMILES string of the molecule is Cc1ccc(N2CC(C)N(C)C(CO)C2=O)cc1Br. The van der Waals surface area contributed by atoms with Crippen molar-refractivity contribution in [1.29, 1.82) is 0 Å². The number of nitrogens with zero attached hydrogens (tertiary/aromatic N) is 2. The Labute approximate surface area is 122 Å². The van der Waals surface area contributed by atoms with Gasteiger partial charge in [-0.25, -0.2) is 0 Å². The van der Waals surface area contributed by atoms with Gasteiger partial charge in [0.15, 0.2) is 0 Å². The Morgan fingerprint density at radius 2 is 2.16 bits per heavy atom. The van der Waals surface area contributed by atoms with E-state index < -0.39 is 6.04 Å². The molecular weight excluding hydrogens is 308 g/mol. The molecule has 4 nitrogen and oxygen atoms in total. The minimum Gasteiger partial charge on any atom is -0.394 e. The van der Waals surface area contributed by atoms with Gasteiger partial charge in [0.25, 0.3) is 0 Å². The van der Waals surface area contributed by atoms with E-state index in [1.807, 2.05) is 37.1 Å².